The van der Waals surface area contributed by atoms with Gasteiger partial charge in [-0.1, -0.05) is 20.3 Å². The van der Waals surface area contributed by atoms with E-state index in [-0.39, 0.29) is 6.54 Å². The third-order valence-corrected chi connectivity index (χ3v) is 1.71. The van der Waals surface area contributed by atoms with E-state index in [1.807, 2.05) is 6.92 Å². The molecule has 5 heteroatoms. The van der Waals surface area contributed by atoms with Crippen LogP contribution >= 0.6 is 0 Å². The largest absolute Gasteiger partial charge is 0.481 e. The summed E-state index contributed by atoms with van der Waals surface area (Å²) in [6.07, 6.45) is 1.23. The quantitative estimate of drug-likeness (QED) is 0.637. The minimum atomic E-state index is -0.932. The minimum Gasteiger partial charge on any atom is -0.481 e. The molecule has 0 aliphatic rings. The lowest BCUT2D eigenvalue weighted by atomic mass is 10.2. The van der Waals surface area contributed by atoms with Gasteiger partial charge in [-0.3, -0.25) is 4.79 Å². The summed E-state index contributed by atoms with van der Waals surface area (Å²) in [4.78, 5) is 21.3. The summed E-state index contributed by atoms with van der Waals surface area (Å²) in [5.74, 6) is -1.52. The summed E-state index contributed by atoms with van der Waals surface area (Å²) >= 11 is 0. The Balaban J connectivity index is 3.48. The summed E-state index contributed by atoms with van der Waals surface area (Å²) in [5, 5.41) is 10.9. The van der Waals surface area contributed by atoms with Crippen LogP contribution in [0, 0.1) is 5.92 Å². The van der Waals surface area contributed by atoms with E-state index in [4.69, 9.17) is 9.84 Å². The van der Waals surface area contributed by atoms with Gasteiger partial charge in [0, 0.05) is 6.54 Å². The molecule has 0 unspecified atom stereocenters. The monoisotopic (exact) mass is 203 g/mol. The fraction of sp³-hybridized carbons (Fsp3) is 0.778. The van der Waals surface area contributed by atoms with Crippen LogP contribution in [0.25, 0.3) is 0 Å². The number of aliphatic carboxylic acids is 1. The molecule has 0 aliphatic heterocycles. The highest BCUT2D eigenvalue weighted by Crippen LogP contribution is 1.93. The average molecular weight is 203 g/mol. The van der Waals surface area contributed by atoms with Crippen LogP contribution in [0.15, 0.2) is 0 Å². The number of hydrogen-bond donors (Lipinski definition) is 2. The molecule has 0 spiro atoms. The summed E-state index contributed by atoms with van der Waals surface area (Å²) in [7, 11) is 0. The van der Waals surface area contributed by atoms with E-state index in [1.54, 1.807) is 0 Å². The van der Waals surface area contributed by atoms with E-state index in [1.165, 1.54) is 6.92 Å². The zero-order valence-electron chi connectivity index (χ0n) is 8.58. The highest BCUT2D eigenvalue weighted by Gasteiger charge is 2.12. The molecule has 0 saturated carbocycles. The highest BCUT2D eigenvalue weighted by molar-refractivity contribution is 5.72. The van der Waals surface area contributed by atoms with Crippen LogP contribution in [0.3, 0.4) is 0 Å². The summed E-state index contributed by atoms with van der Waals surface area (Å²) in [5.41, 5.74) is 0. The summed E-state index contributed by atoms with van der Waals surface area (Å²) in [6.45, 7) is 3.99. The van der Waals surface area contributed by atoms with Gasteiger partial charge in [0.15, 0.2) is 0 Å². The van der Waals surface area contributed by atoms with Crippen LogP contribution in [-0.4, -0.2) is 30.3 Å². The molecule has 0 aliphatic carbocycles. The molecule has 0 saturated heterocycles. The van der Waals surface area contributed by atoms with Crippen molar-refractivity contribution in [1.82, 2.24) is 5.32 Å². The zero-order chi connectivity index (χ0) is 11.0. The molecule has 0 heterocycles. The lowest BCUT2D eigenvalue weighted by Gasteiger charge is -2.08. The molecule has 0 aromatic heterocycles. The van der Waals surface area contributed by atoms with Gasteiger partial charge in [0.2, 0.25) is 0 Å². The van der Waals surface area contributed by atoms with E-state index in [0.29, 0.717) is 6.61 Å². The van der Waals surface area contributed by atoms with E-state index in [2.05, 4.69) is 5.32 Å². The molecule has 1 atom stereocenters. The SMILES string of the molecule is CCCCOC(=O)NC[C@@H](C)C(=O)O. The molecular weight excluding hydrogens is 186 g/mol. The van der Waals surface area contributed by atoms with Crippen molar-refractivity contribution >= 4 is 12.1 Å². The Labute approximate surface area is 83.4 Å². The third kappa shape index (κ3) is 6.28. The van der Waals surface area contributed by atoms with E-state index >= 15 is 0 Å². The Bertz CT molecular complexity index is 193. The number of carbonyl (C=O) groups is 2. The van der Waals surface area contributed by atoms with Crippen molar-refractivity contribution in [3.63, 3.8) is 0 Å². The Morgan fingerprint density at radius 3 is 2.64 bits per heavy atom. The van der Waals surface area contributed by atoms with Gasteiger partial charge in [-0.05, 0) is 6.42 Å². The van der Waals surface area contributed by atoms with Crippen molar-refractivity contribution in [2.24, 2.45) is 5.92 Å². The first-order chi connectivity index (χ1) is 6.57. The standard InChI is InChI=1S/C9H17NO4/c1-3-4-5-14-9(13)10-6-7(2)8(11)12/h7H,3-6H2,1-2H3,(H,10,13)(H,11,12)/t7-/m1/s1. The predicted octanol–water partition coefficient (Wildman–Crippen LogP) is 1.23. The van der Waals surface area contributed by atoms with Crippen LogP contribution in [0.4, 0.5) is 4.79 Å². The Hall–Kier alpha value is -1.26. The predicted molar refractivity (Wildman–Crippen MR) is 51.1 cm³/mol. The zero-order valence-corrected chi connectivity index (χ0v) is 8.58. The lowest BCUT2D eigenvalue weighted by Crippen LogP contribution is -2.32. The Morgan fingerprint density at radius 1 is 1.50 bits per heavy atom. The maximum atomic E-state index is 10.9. The molecular formula is C9H17NO4. The molecule has 0 radical (unpaired) electrons. The topological polar surface area (TPSA) is 75.6 Å². The van der Waals surface area contributed by atoms with Crippen LogP contribution in [0.5, 0.6) is 0 Å². The number of hydrogen-bond acceptors (Lipinski definition) is 3. The number of nitrogens with one attached hydrogen (secondary N) is 1. The van der Waals surface area contributed by atoms with Gasteiger partial charge in [0.1, 0.15) is 0 Å². The lowest BCUT2D eigenvalue weighted by molar-refractivity contribution is -0.140. The fourth-order valence-electron chi connectivity index (χ4n) is 0.684. The van der Waals surface area contributed by atoms with Gasteiger partial charge in [-0.15, -0.1) is 0 Å². The molecule has 82 valence electrons. The molecule has 0 fully saturated rings. The van der Waals surface area contributed by atoms with Crippen molar-refractivity contribution in [3.8, 4) is 0 Å². The number of carboxylic acid groups (broad SMARTS) is 1. The second-order valence-electron chi connectivity index (χ2n) is 3.11. The Morgan fingerprint density at radius 2 is 2.14 bits per heavy atom. The number of carboxylic acids is 1. The van der Waals surface area contributed by atoms with Gasteiger partial charge in [-0.2, -0.15) is 0 Å². The van der Waals surface area contributed by atoms with E-state index < -0.39 is 18.0 Å². The summed E-state index contributed by atoms with van der Waals surface area (Å²) < 4.78 is 4.77. The summed E-state index contributed by atoms with van der Waals surface area (Å²) in [6, 6.07) is 0. The number of alkyl carbamates (subject to hydrolysis) is 1. The van der Waals surface area contributed by atoms with Crippen molar-refractivity contribution in [2.45, 2.75) is 26.7 Å². The third-order valence-electron chi connectivity index (χ3n) is 1.71. The van der Waals surface area contributed by atoms with Crippen LogP contribution < -0.4 is 5.32 Å². The number of carbonyl (C=O) groups excluding carboxylic acids is 1. The fourth-order valence-corrected chi connectivity index (χ4v) is 0.684. The van der Waals surface area contributed by atoms with E-state index in [0.717, 1.165) is 12.8 Å². The molecule has 0 rings (SSSR count). The maximum Gasteiger partial charge on any atom is 0.407 e. The van der Waals surface area contributed by atoms with Crippen molar-refractivity contribution < 1.29 is 19.4 Å². The minimum absolute atomic E-state index is 0.0975. The highest BCUT2D eigenvalue weighted by atomic mass is 16.5. The van der Waals surface area contributed by atoms with Gasteiger partial charge >= 0.3 is 12.1 Å². The molecule has 2 N–H and O–H groups in total. The van der Waals surface area contributed by atoms with Crippen LogP contribution in [0.2, 0.25) is 0 Å². The number of rotatable bonds is 6. The maximum absolute atomic E-state index is 10.9. The second kappa shape index (κ2) is 7.17. The second-order valence-corrected chi connectivity index (χ2v) is 3.11. The van der Waals surface area contributed by atoms with Crippen LogP contribution in [0.1, 0.15) is 26.7 Å². The van der Waals surface area contributed by atoms with Gasteiger partial charge in [0.05, 0.1) is 12.5 Å². The number of amides is 1. The average Bonchev–Trinajstić information content (AvgIpc) is 2.14. The van der Waals surface area contributed by atoms with Gasteiger partial charge in [0.25, 0.3) is 0 Å². The molecule has 5 nitrogen and oxygen atoms in total. The first kappa shape index (κ1) is 12.7. The normalized spacial score (nSPS) is 11.9. The van der Waals surface area contributed by atoms with Crippen molar-refractivity contribution in [2.75, 3.05) is 13.2 Å². The molecule has 0 bridgehead atoms. The van der Waals surface area contributed by atoms with Crippen molar-refractivity contribution in [1.29, 1.82) is 0 Å². The smallest absolute Gasteiger partial charge is 0.407 e. The van der Waals surface area contributed by atoms with Gasteiger partial charge in [-0.25, -0.2) is 4.79 Å². The van der Waals surface area contributed by atoms with E-state index in [9.17, 15) is 9.59 Å². The molecule has 0 aromatic rings. The van der Waals surface area contributed by atoms with Crippen LogP contribution in [-0.2, 0) is 9.53 Å². The van der Waals surface area contributed by atoms with Crippen molar-refractivity contribution in [3.05, 3.63) is 0 Å². The molecule has 14 heavy (non-hydrogen) atoms. The first-order valence-corrected chi connectivity index (χ1v) is 4.71. The first-order valence-electron chi connectivity index (χ1n) is 4.71. The Kier molecular flexibility index (Phi) is 6.53. The molecule has 0 aromatic carbocycles. The van der Waals surface area contributed by atoms with Gasteiger partial charge < -0.3 is 15.2 Å². The molecule has 1 amide bonds. The number of unbranched alkanes of at least 4 members (excludes halogenated alkanes) is 1. The number of ether oxygens (including phenoxy) is 1.